The Morgan fingerprint density at radius 2 is 2.06 bits per heavy atom. The zero-order valence-corrected chi connectivity index (χ0v) is 11.2. The van der Waals surface area contributed by atoms with E-state index in [2.05, 4.69) is 24.3 Å². The molecule has 0 bridgehead atoms. The van der Waals surface area contributed by atoms with E-state index in [0.717, 1.165) is 18.5 Å². The van der Waals surface area contributed by atoms with Crippen LogP contribution in [0.2, 0.25) is 0 Å². The van der Waals surface area contributed by atoms with E-state index in [4.69, 9.17) is 0 Å². The SMILES string of the molecule is CC(C)CCCn1ncc(NC(C)C)cc1=O. The first-order valence-corrected chi connectivity index (χ1v) is 6.32. The van der Waals surface area contributed by atoms with Crippen molar-refractivity contribution in [2.24, 2.45) is 5.92 Å². The third-order valence-corrected chi connectivity index (χ3v) is 2.48. The highest BCUT2D eigenvalue weighted by Gasteiger charge is 2.02. The Kier molecular flexibility index (Phi) is 5.19. The molecule has 1 heterocycles. The summed E-state index contributed by atoms with van der Waals surface area (Å²) in [5, 5.41) is 7.34. The largest absolute Gasteiger partial charge is 0.381 e. The number of nitrogens with zero attached hydrogens (tertiary/aromatic N) is 2. The lowest BCUT2D eigenvalue weighted by Crippen LogP contribution is -2.23. The lowest BCUT2D eigenvalue weighted by molar-refractivity contribution is 0.477. The Balaban J connectivity index is 2.60. The maximum atomic E-state index is 11.8. The maximum Gasteiger partial charge on any atom is 0.268 e. The molecule has 0 saturated heterocycles. The van der Waals surface area contributed by atoms with E-state index in [1.54, 1.807) is 12.3 Å². The highest BCUT2D eigenvalue weighted by Crippen LogP contribution is 2.05. The average molecular weight is 237 g/mol. The van der Waals surface area contributed by atoms with E-state index in [0.29, 0.717) is 18.5 Å². The summed E-state index contributed by atoms with van der Waals surface area (Å²) in [5.74, 6) is 0.674. The van der Waals surface area contributed by atoms with Gasteiger partial charge in [-0.25, -0.2) is 4.68 Å². The molecule has 0 aromatic carbocycles. The number of nitrogens with one attached hydrogen (secondary N) is 1. The van der Waals surface area contributed by atoms with E-state index in [1.165, 1.54) is 4.68 Å². The molecule has 0 spiro atoms. The zero-order chi connectivity index (χ0) is 12.8. The van der Waals surface area contributed by atoms with Crippen LogP contribution in [0.1, 0.15) is 40.5 Å². The molecule has 96 valence electrons. The van der Waals surface area contributed by atoms with Crippen LogP contribution in [0.15, 0.2) is 17.1 Å². The third kappa shape index (κ3) is 5.02. The van der Waals surface area contributed by atoms with Gasteiger partial charge in [-0.15, -0.1) is 0 Å². The second kappa shape index (κ2) is 6.42. The molecule has 1 aromatic rings. The quantitative estimate of drug-likeness (QED) is 0.827. The summed E-state index contributed by atoms with van der Waals surface area (Å²) in [4.78, 5) is 11.8. The van der Waals surface area contributed by atoms with Gasteiger partial charge in [-0.05, 0) is 32.6 Å². The first-order chi connectivity index (χ1) is 7.99. The maximum absolute atomic E-state index is 11.8. The molecule has 17 heavy (non-hydrogen) atoms. The van der Waals surface area contributed by atoms with Gasteiger partial charge in [0, 0.05) is 18.7 Å². The Labute approximate surface area is 103 Å². The minimum Gasteiger partial charge on any atom is -0.381 e. The molecule has 0 fully saturated rings. The number of aromatic nitrogens is 2. The van der Waals surface area contributed by atoms with E-state index in [-0.39, 0.29) is 5.56 Å². The van der Waals surface area contributed by atoms with Crippen molar-refractivity contribution in [2.45, 2.75) is 53.1 Å². The van der Waals surface area contributed by atoms with Crippen molar-refractivity contribution in [1.29, 1.82) is 0 Å². The first kappa shape index (κ1) is 13.7. The predicted octanol–water partition coefficient (Wildman–Crippen LogP) is 2.50. The standard InChI is InChI=1S/C13H23N3O/c1-10(2)6-5-7-16-13(17)8-12(9-14-16)15-11(3)4/h8-11,15H,5-7H2,1-4H3. The molecular weight excluding hydrogens is 214 g/mol. The Morgan fingerprint density at radius 1 is 1.35 bits per heavy atom. The first-order valence-electron chi connectivity index (χ1n) is 6.32. The van der Waals surface area contributed by atoms with E-state index < -0.39 is 0 Å². The summed E-state index contributed by atoms with van der Waals surface area (Å²) in [7, 11) is 0. The van der Waals surface area contributed by atoms with Gasteiger partial charge in [0.25, 0.3) is 5.56 Å². The summed E-state index contributed by atoms with van der Waals surface area (Å²) in [5.41, 5.74) is 0.768. The Hall–Kier alpha value is -1.32. The van der Waals surface area contributed by atoms with Crippen LogP contribution in [0.4, 0.5) is 5.69 Å². The second-order valence-corrected chi connectivity index (χ2v) is 5.14. The van der Waals surface area contributed by atoms with Gasteiger partial charge in [-0.3, -0.25) is 4.79 Å². The smallest absolute Gasteiger partial charge is 0.268 e. The van der Waals surface area contributed by atoms with Crippen molar-refractivity contribution in [3.05, 3.63) is 22.6 Å². The molecule has 1 N–H and O–H groups in total. The lowest BCUT2D eigenvalue weighted by Gasteiger charge is -2.10. The molecular formula is C13H23N3O. The highest BCUT2D eigenvalue weighted by molar-refractivity contribution is 5.39. The summed E-state index contributed by atoms with van der Waals surface area (Å²) >= 11 is 0. The van der Waals surface area contributed by atoms with Crippen LogP contribution in [0.3, 0.4) is 0 Å². The van der Waals surface area contributed by atoms with Gasteiger partial charge < -0.3 is 5.32 Å². The third-order valence-electron chi connectivity index (χ3n) is 2.48. The van der Waals surface area contributed by atoms with Crippen molar-refractivity contribution in [1.82, 2.24) is 9.78 Å². The lowest BCUT2D eigenvalue weighted by atomic mass is 10.1. The highest BCUT2D eigenvalue weighted by atomic mass is 16.1. The van der Waals surface area contributed by atoms with Gasteiger partial charge in [0.15, 0.2) is 0 Å². The van der Waals surface area contributed by atoms with Gasteiger partial charge in [-0.1, -0.05) is 13.8 Å². The van der Waals surface area contributed by atoms with Crippen LogP contribution in [-0.4, -0.2) is 15.8 Å². The van der Waals surface area contributed by atoms with Crippen molar-refractivity contribution < 1.29 is 0 Å². The summed E-state index contributed by atoms with van der Waals surface area (Å²) in [6.07, 6.45) is 3.85. The topological polar surface area (TPSA) is 46.9 Å². The Morgan fingerprint density at radius 3 is 2.59 bits per heavy atom. The average Bonchev–Trinajstić information content (AvgIpc) is 2.20. The van der Waals surface area contributed by atoms with Crippen molar-refractivity contribution in [3.8, 4) is 0 Å². The number of hydrogen-bond acceptors (Lipinski definition) is 3. The number of hydrogen-bond donors (Lipinski definition) is 1. The monoisotopic (exact) mass is 237 g/mol. The molecule has 4 heteroatoms. The fourth-order valence-electron chi connectivity index (χ4n) is 1.66. The van der Waals surface area contributed by atoms with E-state index in [1.807, 2.05) is 13.8 Å². The molecule has 1 rings (SSSR count). The van der Waals surface area contributed by atoms with Crippen LogP contribution in [0.25, 0.3) is 0 Å². The van der Waals surface area contributed by atoms with Gasteiger partial charge in [0.2, 0.25) is 0 Å². The van der Waals surface area contributed by atoms with Crippen LogP contribution >= 0.6 is 0 Å². The van der Waals surface area contributed by atoms with Gasteiger partial charge >= 0.3 is 0 Å². The van der Waals surface area contributed by atoms with E-state index in [9.17, 15) is 4.79 Å². The van der Waals surface area contributed by atoms with Gasteiger partial charge in [0.05, 0.1) is 11.9 Å². The fraction of sp³-hybridized carbons (Fsp3) is 0.692. The van der Waals surface area contributed by atoms with Crippen LogP contribution in [0, 0.1) is 5.92 Å². The van der Waals surface area contributed by atoms with Crippen LogP contribution in [-0.2, 0) is 6.54 Å². The zero-order valence-electron chi connectivity index (χ0n) is 11.2. The van der Waals surface area contributed by atoms with Crippen molar-refractivity contribution >= 4 is 5.69 Å². The molecule has 0 radical (unpaired) electrons. The fourth-order valence-corrected chi connectivity index (χ4v) is 1.66. The molecule has 4 nitrogen and oxygen atoms in total. The van der Waals surface area contributed by atoms with Gasteiger partial charge in [-0.2, -0.15) is 5.10 Å². The van der Waals surface area contributed by atoms with Crippen LogP contribution < -0.4 is 10.9 Å². The van der Waals surface area contributed by atoms with Crippen LogP contribution in [0.5, 0.6) is 0 Å². The molecule has 0 unspecified atom stereocenters. The predicted molar refractivity (Wildman–Crippen MR) is 71.3 cm³/mol. The summed E-state index contributed by atoms with van der Waals surface area (Å²) in [6.45, 7) is 9.15. The minimum atomic E-state index is -0.0283. The number of aryl methyl sites for hydroxylation is 1. The number of anilines is 1. The molecule has 0 atom stereocenters. The van der Waals surface area contributed by atoms with E-state index >= 15 is 0 Å². The molecule has 1 aromatic heterocycles. The number of rotatable bonds is 6. The molecule has 0 aliphatic carbocycles. The molecule has 0 saturated carbocycles. The normalized spacial score (nSPS) is 11.2. The minimum absolute atomic E-state index is 0.0283. The van der Waals surface area contributed by atoms with Crippen molar-refractivity contribution in [2.75, 3.05) is 5.32 Å². The van der Waals surface area contributed by atoms with Gasteiger partial charge in [0.1, 0.15) is 0 Å². The van der Waals surface area contributed by atoms with Crippen molar-refractivity contribution in [3.63, 3.8) is 0 Å². The Bertz CT molecular complexity index is 396. The molecule has 0 aliphatic heterocycles. The summed E-state index contributed by atoms with van der Waals surface area (Å²) in [6, 6.07) is 1.93. The second-order valence-electron chi connectivity index (χ2n) is 5.14. The molecule has 0 amide bonds. The molecule has 0 aliphatic rings. The summed E-state index contributed by atoms with van der Waals surface area (Å²) < 4.78 is 1.54.